The molecule has 1 aliphatic carbocycles. The number of likely N-dealkylation sites (N-methyl/N-ethyl adjacent to an activating group) is 1. The quantitative estimate of drug-likeness (QED) is 0.232. The molecule has 0 unspecified atom stereocenters. The van der Waals surface area contributed by atoms with Gasteiger partial charge in [-0.15, -0.1) is 0 Å². The van der Waals surface area contributed by atoms with Gasteiger partial charge in [-0.1, -0.05) is 5.73 Å². The van der Waals surface area contributed by atoms with Crippen molar-refractivity contribution in [1.29, 1.82) is 0 Å². The second-order valence-electron chi connectivity index (χ2n) is 15.8. The minimum atomic E-state index is -0.851. The molecule has 19 heteroatoms. The van der Waals surface area contributed by atoms with Crippen LogP contribution in [0.4, 0.5) is 20.5 Å². The molecule has 3 atom stereocenters. The van der Waals surface area contributed by atoms with Gasteiger partial charge in [-0.3, -0.25) is 19.5 Å². The van der Waals surface area contributed by atoms with Crippen LogP contribution in [0.3, 0.4) is 0 Å². The highest BCUT2D eigenvalue weighted by Gasteiger charge is 2.46. The molecule has 0 N–H and O–H groups in total. The lowest BCUT2D eigenvalue weighted by Gasteiger charge is -2.46. The molecule has 2 saturated heterocycles. The predicted octanol–water partition coefficient (Wildman–Crippen LogP) is 3.70. The SMILES string of the molecule is CO[C@H]1CN(C)C(=O)[C@@H]2C[C@@H](CN2c2nc(N3C4=C=C3C(=O)N(C3CCC3)C4)nc3c2cnn3-c2ccc(F)cc2F)Oc2nccc(n2)-c2nccc3nc(C)n(c23)C1. The fourth-order valence-corrected chi connectivity index (χ4v) is 8.90. The molecule has 3 fully saturated rings. The number of nitrogens with zero attached hydrogens (tertiary/aromatic N) is 13. The zero-order chi connectivity index (χ0) is 41.0. The molecule has 5 aromatic heterocycles. The molecule has 0 radical (unpaired) electrons. The molecule has 6 aliphatic rings. The molecule has 304 valence electrons. The summed E-state index contributed by atoms with van der Waals surface area (Å²) in [7, 11) is 3.34. The number of aryl methyl sites for hydroxylation is 1. The van der Waals surface area contributed by atoms with Crippen LogP contribution >= 0.6 is 0 Å². The highest BCUT2D eigenvalue weighted by Crippen LogP contribution is 2.41. The third-order valence-corrected chi connectivity index (χ3v) is 12.2. The largest absolute Gasteiger partial charge is 0.458 e. The van der Waals surface area contributed by atoms with Crippen molar-refractivity contribution in [2.75, 3.05) is 43.6 Å². The Morgan fingerprint density at radius 3 is 2.60 bits per heavy atom. The van der Waals surface area contributed by atoms with E-state index < -0.39 is 29.9 Å². The van der Waals surface area contributed by atoms with Crippen LogP contribution in [0.2, 0.25) is 0 Å². The Hall–Kier alpha value is -6.85. The first-order chi connectivity index (χ1) is 29.1. The summed E-state index contributed by atoms with van der Waals surface area (Å²) in [6, 6.07) is 6.25. The fraction of sp³-hybridized carbons (Fsp3) is 0.366. The highest BCUT2D eigenvalue weighted by atomic mass is 19.1. The standard InChI is InChI=1S/C41H37F2N13O4/c1-21-47-30-10-11-44-34-29-9-12-45-41(48-29)60-25-15-32(38(57)51(2)18-26(59-3)20-52(21)35(30)34)54(19-25)36-27-16-46-56(31-8-7-22(42)13-28(31)43)37(27)50-40(49-36)55-24-14-33(55)39(58)53(17-24)23-5-4-6-23/h7-13,16,23,25-26,32H,4-6,15,17-20H2,1-3H3/t25-,26-,32-/m0/s1. The van der Waals surface area contributed by atoms with Crippen molar-refractivity contribution in [2.45, 2.75) is 63.4 Å². The van der Waals surface area contributed by atoms with Crippen LogP contribution in [-0.2, 0) is 20.9 Å². The Kier molecular flexibility index (Phi) is 8.22. The Bertz CT molecular complexity index is 2870. The fourth-order valence-electron chi connectivity index (χ4n) is 8.90. The molecule has 1 aromatic carbocycles. The number of rotatable bonds is 5. The maximum atomic E-state index is 15.4. The Balaban J connectivity index is 1.03. The molecule has 6 bridgehead atoms. The van der Waals surface area contributed by atoms with E-state index in [1.54, 1.807) is 42.4 Å². The van der Waals surface area contributed by atoms with Gasteiger partial charge in [0.25, 0.3) is 5.91 Å². The first-order valence-corrected chi connectivity index (χ1v) is 19.8. The lowest BCUT2D eigenvalue weighted by Crippen LogP contribution is -2.56. The zero-order valence-electron chi connectivity index (χ0n) is 32.8. The van der Waals surface area contributed by atoms with Crippen LogP contribution in [0.15, 0.2) is 66.0 Å². The van der Waals surface area contributed by atoms with Crippen LogP contribution in [-0.4, -0.2) is 124 Å². The number of aromatic nitrogens is 9. The van der Waals surface area contributed by atoms with Crippen LogP contribution in [0.5, 0.6) is 6.01 Å². The molecule has 12 rings (SSSR count). The average molecular weight is 814 g/mol. The molecule has 6 aromatic rings. The number of fused-ring (bicyclic) bond motifs is 8. The number of halogens is 2. The summed E-state index contributed by atoms with van der Waals surface area (Å²) >= 11 is 0. The number of piperazine rings is 1. The molecule has 2 amide bonds. The first-order valence-electron chi connectivity index (χ1n) is 19.8. The summed E-state index contributed by atoms with van der Waals surface area (Å²) in [5.74, 6) is -0.817. The van der Waals surface area contributed by atoms with Gasteiger partial charge in [0.05, 0.1) is 59.7 Å². The van der Waals surface area contributed by atoms with E-state index in [-0.39, 0.29) is 60.7 Å². The van der Waals surface area contributed by atoms with Gasteiger partial charge in [-0.2, -0.15) is 20.1 Å². The molecule has 17 nitrogen and oxygen atoms in total. The average Bonchev–Trinajstić information content (AvgIpc) is 3.91. The first kappa shape index (κ1) is 36.2. The van der Waals surface area contributed by atoms with Crippen molar-refractivity contribution < 1.29 is 27.8 Å². The number of benzene rings is 1. The van der Waals surface area contributed by atoms with Crippen LogP contribution in [0.1, 0.15) is 31.5 Å². The van der Waals surface area contributed by atoms with E-state index in [0.717, 1.165) is 48.3 Å². The molecular weight excluding hydrogens is 777 g/mol. The summed E-state index contributed by atoms with van der Waals surface area (Å²) in [6.45, 7) is 3.01. The van der Waals surface area contributed by atoms with Crippen molar-refractivity contribution in [3.63, 3.8) is 0 Å². The number of hydrogen-bond acceptors (Lipinski definition) is 13. The lowest BCUT2D eigenvalue weighted by atomic mass is 9.89. The lowest BCUT2D eigenvalue weighted by molar-refractivity contribution is -0.133. The number of carbonyl (C=O) groups is 2. The van der Waals surface area contributed by atoms with Crippen molar-refractivity contribution in [3.05, 3.63) is 83.5 Å². The van der Waals surface area contributed by atoms with E-state index in [9.17, 15) is 14.0 Å². The molecule has 1 saturated carbocycles. The monoisotopic (exact) mass is 813 g/mol. The topological polar surface area (TPSA) is 166 Å². The predicted molar refractivity (Wildman–Crippen MR) is 211 cm³/mol. The van der Waals surface area contributed by atoms with E-state index in [1.165, 1.54) is 16.9 Å². The van der Waals surface area contributed by atoms with E-state index in [0.29, 0.717) is 47.1 Å². The summed E-state index contributed by atoms with van der Waals surface area (Å²) in [5, 5.41) is 4.91. The maximum absolute atomic E-state index is 15.4. The van der Waals surface area contributed by atoms with Gasteiger partial charge in [0.15, 0.2) is 17.2 Å². The second-order valence-corrected chi connectivity index (χ2v) is 15.8. The van der Waals surface area contributed by atoms with E-state index in [2.05, 4.69) is 15.8 Å². The van der Waals surface area contributed by atoms with Gasteiger partial charge in [-0.25, -0.2) is 23.4 Å². The Labute approximate surface area is 340 Å². The van der Waals surface area contributed by atoms with Crippen molar-refractivity contribution in [1.82, 2.24) is 54.1 Å². The normalized spacial score (nSPS) is 21.7. The summed E-state index contributed by atoms with van der Waals surface area (Å²) in [4.78, 5) is 64.2. The van der Waals surface area contributed by atoms with E-state index >= 15 is 4.39 Å². The van der Waals surface area contributed by atoms with Gasteiger partial charge < -0.3 is 28.7 Å². The van der Waals surface area contributed by atoms with Crippen LogP contribution < -0.4 is 14.5 Å². The van der Waals surface area contributed by atoms with Crippen molar-refractivity contribution in [2.24, 2.45) is 0 Å². The summed E-state index contributed by atoms with van der Waals surface area (Å²) in [6.07, 6.45) is 6.93. The minimum Gasteiger partial charge on any atom is -0.458 e. The highest BCUT2D eigenvalue weighted by molar-refractivity contribution is 6.03. The summed E-state index contributed by atoms with van der Waals surface area (Å²) < 4.78 is 45.3. The Morgan fingerprint density at radius 2 is 1.82 bits per heavy atom. The second kappa shape index (κ2) is 13.6. The van der Waals surface area contributed by atoms with Gasteiger partial charge in [0.1, 0.15) is 41.0 Å². The molecule has 5 aliphatic heterocycles. The number of methoxy groups -OCH3 is 1. The number of pyridine rings is 1. The third kappa shape index (κ3) is 5.63. The van der Waals surface area contributed by atoms with Gasteiger partial charge in [-0.05, 0) is 50.5 Å². The van der Waals surface area contributed by atoms with Gasteiger partial charge in [0, 0.05) is 51.6 Å². The third-order valence-electron chi connectivity index (χ3n) is 12.2. The van der Waals surface area contributed by atoms with E-state index in [1.807, 2.05) is 27.4 Å². The van der Waals surface area contributed by atoms with E-state index in [4.69, 9.17) is 34.4 Å². The Morgan fingerprint density at radius 1 is 0.967 bits per heavy atom. The molecular formula is C41H37F2N13O4. The number of carbonyl (C=O) groups excluding carboxylic acids is 2. The molecule has 10 heterocycles. The van der Waals surface area contributed by atoms with Crippen LogP contribution in [0.25, 0.3) is 39.1 Å². The molecule has 0 spiro atoms. The smallest absolute Gasteiger partial charge is 0.317 e. The van der Waals surface area contributed by atoms with Gasteiger partial charge >= 0.3 is 6.01 Å². The minimum absolute atomic E-state index is 0.0444. The number of imidazole rings is 1. The molecule has 60 heavy (non-hydrogen) atoms. The van der Waals surface area contributed by atoms with Crippen molar-refractivity contribution in [3.8, 4) is 23.1 Å². The zero-order valence-corrected chi connectivity index (χ0v) is 32.8. The van der Waals surface area contributed by atoms with Crippen LogP contribution in [0, 0.1) is 18.6 Å². The number of ether oxygens (including phenoxy) is 2. The maximum Gasteiger partial charge on any atom is 0.317 e. The van der Waals surface area contributed by atoms with Gasteiger partial charge in [0.2, 0.25) is 11.9 Å². The van der Waals surface area contributed by atoms with Crippen molar-refractivity contribution >= 4 is 45.6 Å². The number of hydrogen-bond donors (Lipinski definition) is 0. The summed E-state index contributed by atoms with van der Waals surface area (Å²) in [5.41, 5.74) is 6.97. The number of anilines is 2. The number of amides is 2.